The maximum atomic E-state index is 13.8. The number of hydrogen-bond donors (Lipinski definition) is 2. The molecule has 0 bridgehead atoms. The molecule has 4 heteroatoms. The number of phenolic OH excluding ortho intramolecular Hbond substituents is 2. The molecule has 3 aromatic carbocycles. The van der Waals surface area contributed by atoms with Crippen LogP contribution in [0.3, 0.4) is 0 Å². The minimum absolute atomic E-state index is 0.132. The van der Waals surface area contributed by atoms with E-state index < -0.39 is 17.4 Å². The molecule has 0 aromatic heterocycles. The van der Waals surface area contributed by atoms with Crippen molar-refractivity contribution in [1.82, 2.24) is 0 Å². The van der Waals surface area contributed by atoms with Crippen LogP contribution in [0.4, 0.5) is 8.78 Å². The number of halogens is 2. The van der Waals surface area contributed by atoms with Crippen molar-refractivity contribution in [3.8, 4) is 22.6 Å². The first-order chi connectivity index (χ1) is 9.54. The Morgan fingerprint density at radius 1 is 0.650 bits per heavy atom. The van der Waals surface area contributed by atoms with Crippen LogP contribution in [0, 0.1) is 11.6 Å². The molecule has 0 atom stereocenters. The molecule has 100 valence electrons. The van der Waals surface area contributed by atoms with E-state index >= 15 is 0 Å². The third kappa shape index (κ3) is 2.05. The second-order valence-corrected chi connectivity index (χ2v) is 4.53. The third-order valence-corrected chi connectivity index (χ3v) is 3.14. The summed E-state index contributed by atoms with van der Waals surface area (Å²) < 4.78 is 27.6. The molecule has 0 radical (unpaired) electrons. The summed E-state index contributed by atoms with van der Waals surface area (Å²) in [5.74, 6) is -1.96. The summed E-state index contributed by atoms with van der Waals surface area (Å²) in [7, 11) is 0. The molecule has 2 nitrogen and oxygen atoms in total. The molecular formula is C16H10F2O2. The zero-order chi connectivity index (χ0) is 14.3. The van der Waals surface area contributed by atoms with Gasteiger partial charge in [0, 0.05) is 12.1 Å². The van der Waals surface area contributed by atoms with Crippen molar-refractivity contribution in [2.45, 2.75) is 0 Å². The fourth-order valence-corrected chi connectivity index (χ4v) is 2.22. The highest BCUT2D eigenvalue weighted by Gasteiger charge is 2.13. The van der Waals surface area contributed by atoms with Gasteiger partial charge in [-0.05, 0) is 34.5 Å². The number of aromatic hydroxyl groups is 2. The predicted octanol–water partition coefficient (Wildman–Crippen LogP) is 4.20. The van der Waals surface area contributed by atoms with E-state index in [1.54, 1.807) is 30.3 Å². The smallest absolute Gasteiger partial charge is 0.137 e. The summed E-state index contributed by atoms with van der Waals surface area (Å²) in [6.45, 7) is 0. The first kappa shape index (κ1) is 12.4. The van der Waals surface area contributed by atoms with Gasteiger partial charge in [-0.25, -0.2) is 8.78 Å². The minimum Gasteiger partial charge on any atom is -0.508 e. The van der Waals surface area contributed by atoms with Crippen LogP contribution < -0.4 is 0 Å². The molecule has 0 saturated carbocycles. The summed E-state index contributed by atoms with van der Waals surface area (Å²) in [4.78, 5) is 0. The quantitative estimate of drug-likeness (QED) is 0.697. The van der Waals surface area contributed by atoms with Crippen LogP contribution in [0.1, 0.15) is 0 Å². The predicted molar refractivity (Wildman–Crippen MR) is 72.6 cm³/mol. The van der Waals surface area contributed by atoms with E-state index in [4.69, 9.17) is 5.11 Å². The summed E-state index contributed by atoms with van der Waals surface area (Å²) in [5, 5.41) is 20.1. The van der Waals surface area contributed by atoms with Crippen LogP contribution in [0.2, 0.25) is 0 Å². The van der Waals surface area contributed by atoms with Crippen LogP contribution in [0.5, 0.6) is 11.5 Å². The van der Waals surface area contributed by atoms with Crippen molar-refractivity contribution in [3.05, 3.63) is 60.2 Å². The molecule has 0 heterocycles. The van der Waals surface area contributed by atoms with E-state index in [2.05, 4.69) is 0 Å². The van der Waals surface area contributed by atoms with Gasteiger partial charge in [0.25, 0.3) is 0 Å². The normalized spacial score (nSPS) is 10.9. The van der Waals surface area contributed by atoms with Crippen LogP contribution in [-0.2, 0) is 0 Å². The highest BCUT2D eigenvalue weighted by atomic mass is 19.1. The molecule has 0 spiro atoms. The molecule has 0 unspecified atom stereocenters. The lowest BCUT2D eigenvalue weighted by Gasteiger charge is -2.08. The summed E-state index contributed by atoms with van der Waals surface area (Å²) >= 11 is 0. The Morgan fingerprint density at radius 3 is 1.95 bits per heavy atom. The molecule has 3 aromatic rings. The molecular weight excluding hydrogens is 262 g/mol. The molecule has 2 N–H and O–H groups in total. The van der Waals surface area contributed by atoms with Crippen molar-refractivity contribution in [2.24, 2.45) is 0 Å². The van der Waals surface area contributed by atoms with Gasteiger partial charge in [0.15, 0.2) is 0 Å². The molecule has 0 aliphatic carbocycles. The standard InChI is InChI=1S/C16H10F2O2/c17-14-7-13(20)8-15(18)16(14)11-2-1-10-6-12(19)4-3-9(10)5-11/h1-8,19-20H. The third-order valence-electron chi connectivity index (χ3n) is 3.14. The molecule has 0 saturated heterocycles. The van der Waals surface area contributed by atoms with Gasteiger partial charge >= 0.3 is 0 Å². The highest BCUT2D eigenvalue weighted by Crippen LogP contribution is 2.32. The maximum absolute atomic E-state index is 13.8. The van der Waals surface area contributed by atoms with E-state index in [-0.39, 0.29) is 11.3 Å². The highest BCUT2D eigenvalue weighted by molar-refractivity contribution is 5.88. The number of phenols is 2. The van der Waals surface area contributed by atoms with Gasteiger partial charge in [-0.1, -0.05) is 18.2 Å². The van der Waals surface area contributed by atoms with E-state index in [1.165, 1.54) is 6.07 Å². The van der Waals surface area contributed by atoms with E-state index in [9.17, 15) is 13.9 Å². The molecule has 0 aliphatic heterocycles. The van der Waals surface area contributed by atoms with Gasteiger partial charge in [0.05, 0.1) is 5.56 Å². The average Bonchev–Trinajstić information content (AvgIpc) is 2.37. The maximum Gasteiger partial charge on any atom is 0.137 e. The molecule has 0 aliphatic rings. The molecule has 0 fully saturated rings. The number of rotatable bonds is 1. The summed E-state index contributed by atoms with van der Waals surface area (Å²) in [6.07, 6.45) is 0. The fourth-order valence-electron chi connectivity index (χ4n) is 2.22. The minimum atomic E-state index is -0.819. The monoisotopic (exact) mass is 272 g/mol. The Labute approximate surface area is 113 Å². The number of benzene rings is 3. The van der Waals surface area contributed by atoms with Gasteiger partial charge in [0.1, 0.15) is 23.1 Å². The van der Waals surface area contributed by atoms with Crippen LogP contribution in [0.25, 0.3) is 21.9 Å². The van der Waals surface area contributed by atoms with E-state index in [0.29, 0.717) is 5.56 Å². The Balaban J connectivity index is 2.23. The van der Waals surface area contributed by atoms with Crippen molar-refractivity contribution in [2.75, 3.05) is 0 Å². The lowest BCUT2D eigenvalue weighted by molar-refractivity contribution is 0.461. The second-order valence-electron chi connectivity index (χ2n) is 4.53. The van der Waals surface area contributed by atoms with Gasteiger partial charge in [-0.3, -0.25) is 0 Å². The zero-order valence-electron chi connectivity index (χ0n) is 10.3. The SMILES string of the molecule is Oc1cc(F)c(-c2ccc3cc(O)ccc3c2)c(F)c1. The Morgan fingerprint density at radius 2 is 1.25 bits per heavy atom. The van der Waals surface area contributed by atoms with Crippen molar-refractivity contribution in [1.29, 1.82) is 0 Å². The lowest BCUT2D eigenvalue weighted by atomic mass is 10.00. The Bertz CT molecular complexity index is 790. The summed E-state index contributed by atoms with van der Waals surface area (Å²) in [6, 6.07) is 11.4. The molecule has 20 heavy (non-hydrogen) atoms. The van der Waals surface area contributed by atoms with Gasteiger partial charge in [-0.15, -0.1) is 0 Å². The van der Waals surface area contributed by atoms with E-state index in [1.807, 2.05) is 0 Å². The zero-order valence-corrected chi connectivity index (χ0v) is 10.3. The van der Waals surface area contributed by atoms with Gasteiger partial charge in [0.2, 0.25) is 0 Å². The largest absolute Gasteiger partial charge is 0.508 e. The van der Waals surface area contributed by atoms with E-state index in [0.717, 1.165) is 22.9 Å². The van der Waals surface area contributed by atoms with Crippen LogP contribution in [-0.4, -0.2) is 10.2 Å². The second kappa shape index (κ2) is 4.49. The van der Waals surface area contributed by atoms with Gasteiger partial charge in [-0.2, -0.15) is 0 Å². The topological polar surface area (TPSA) is 40.5 Å². The molecule has 3 rings (SSSR count). The first-order valence-corrected chi connectivity index (χ1v) is 5.96. The number of fused-ring (bicyclic) bond motifs is 1. The van der Waals surface area contributed by atoms with Gasteiger partial charge < -0.3 is 10.2 Å². The van der Waals surface area contributed by atoms with Crippen molar-refractivity contribution < 1.29 is 19.0 Å². The fraction of sp³-hybridized carbons (Fsp3) is 0. The number of hydrogen-bond acceptors (Lipinski definition) is 2. The van der Waals surface area contributed by atoms with Crippen molar-refractivity contribution >= 4 is 10.8 Å². The summed E-state index contributed by atoms with van der Waals surface area (Å²) in [5.41, 5.74) is 0.191. The average molecular weight is 272 g/mol. The van der Waals surface area contributed by atoms with Crippen LogP contribution >= 0.6 is 0 Å². The van der Waals surface area contributed by atoms with Crippen LogP contribution in [0.15, 0.2) is 48.5 Å². The first-order valence-electron chi connectivity index (χ1n) is 5.96. The van der Waals surface area contributed by atoms with Crippen molar-refractivity contribution in [3.63, 3.8) is 0 Å². The Hall–Kier alpha value is -2.62. The molecule has 0 amide bonds. The Kier molecular flexibility index (Phi) is 2.79. The lowest BCUT2D eigenvalue weighted by Crippen LogP contribution is -1.90.